The molecule has 0 saturated carbocycles. The summed E-state index contributed by atoms with van der Waals surface area (Å²) >= 11 is 0. The van der Waals surface area contributed by atoms with Gasteiger partial charge in [0.05, 0.1) is 13.0 Å². The molecule has 0 radical (unpaired) electrons. The Balaban J connectivity index is 1.62. The van der Waals surface area contributed by atoms with E-state index in [0.717, 1.165) is 13.1 Å². The molecule has 3 amide bonds. The molecule has 7 heteroatoms. The molecular formula is C21H30N4O3. The highest BCUT2D eigenvalue weighted by molar-refractivity contribution is 5.97. The molecule has 2 aliphatic rings. The Morgan fingerprint density at radius 2 is 1.82 bits per heavy atom. The van der Waals surface area contributed by atoms with Gasteiger partial charge in [0.2, 0.25) is 17.7 Å². The number of hydrogen-bond acceptors (Lipinski definition) is 4. The summed E-state index contributed by atoms with van der Waals surface area (Å²) in [6.45, 7) is 7.38. The fourth-order valence-corrected chi connectivity index (χ4v) is 4.33. The van der Waals surface area contributed by atoms with Crippen molar-refractivity contribution in [2.24, 2.45) is 11.8 Å². The lowest BCUT2D eigenvalue weighted by atomic mass is 9.92. The van der Waals surface area contributed by atoms with Crippen LogP contribution in [0.2, 0.25) is 0 Å². The number of para-hydroxylation sites is 1. The maximum Gasteiger partial charge on any atom is 0.243 e. The second-order valence-electron chi connectivity index (χ2n) is 8.15. The van der Waals surface area contributed by atoms with E-state index in [2.05, 4.69) is 29.4 Å². The Morgan fingerprint density at radius 3 is 2.50 bits per heavy atom. The van der Waals surface area contributed by atoms with E-state index in [0.29, 0.717) is 37.2 Å². The van der Waals surface area contributed by atoms with Gasteiger partial charge in [-0.3, -0.25) is 19.3 Å². The maximum atomic E-state index is 12.9. The van der Waals surface area contributed by atoms with Crippen LogP contribution >= 0.6 is 0 Å². The minimum absolute atomic E-state index is 0.0424. The van der Waals surface area contributed by atoms with Gasteiger partial charge < -0.3 is 15.5 Å². The van der Waals surface area contributed by atoms with E-state index in [1.54, 1.807) is 17.0 Å². The predicted molar refractivity (Wildman–Crippen MR) is 108 cm³/mol. The standard InChI is InChI=1S/C21H30N4O3/c1-15-10-16(2)13-24(12-15)14-20(27)25-9-8-22-21(28)18(25)11-19(26)23-17-6-4-3-5-7-17/h3-7,15-16,18H,8-14H2,1-2H3,(H,22,28)(H,23,26)/t15-,16-,18-/m1/s1. The number of carbonyl (C=O) groups excluding carboxylic acids is 3. The molecule has 2 fully saturated rings. The van der Waals surface area contributed by atoms with Gasteiger partial charge in [0.1, 0.15) is 6.04 Å². The molecule has 0 bridgehead atoms. The van der Waals surface area contributed by atoms with Crippen molar-refractivity contribution < 1.29 is 14.4 Å². The molecule has 7 nitrogen and oxygen atoms in total. The monoisotopic (exact) mass is 386 g/mol. The van der Waals surface area contributed by atoms with Crippen LogP contribution in [0.1, 0.15) is 26.7 Å². The topological polar surface area (TPSA) is 81.8 Å². The van der Waals surface area contributed by atoms with Gasteiger partial charge in [-0.1, -0.05) is 32.0 Å². The molecule has 2 saturated heterocycles. The van der Waals surface area contributed by atoms with E-state index < -0.39 is 6.04 Å². The van der Waals surface area contributed by atoms with Crippen molar-refractivity contribution in [3.8, 4) is 0 Å². The number of benzene rings is 1. The largest absolute Gasteiger partial charge is 0.353 e. The number of hydrogen-bond donors (Lipinski definition) is 2. The third-order valence-electron chi connectivity index (χ3n) is 5.39. The van der Waals surface area contributed by atoms with E-state index >= 15 is 0 Å². The normalized spacial score (nSPS) is 25.9. The Kier molecular flexibility index (Phi) is 6.67. The molecule has 2 aliphatic heterocycles. The molecule has 28 heavy (non-hydrogen) atoms. The van der Waals surface area contributed by atoms with Crippen molar-refractivity contribution in [2.75, 3.05) is 38.0 Å². The first kappa shape index (κ1) is 20.3. The van der Waals surface area contributed by atoms with Gasteiger partial charge in [0.25, 0.3) is 0 Å². The van der Waals surface area contributed by atoms with E-state index in [1.807, 2.05) is 18.2 Å². The fraction of sp³-hybridized carbons (Fsp3) is 0.571. The average molecular weight is 386 g/mol. The number of rotatable bonds is 5. The summed E-state index contributed by atoms with van der Waals surface area (Å²) in [5.41, 5.74) is 0.679. The van der Waals surface area contributed by atoms with Crippen LogP contribution in [-0.4, -0.2) is 66.3 Å². The quantitative estimate of drug-likeness (QED) is 0.800. The first-order chi connectivity index (χ1) is 13.4. The molecule has 3 rings (SSSR count). The second kappa shape index (κ2) is 9.19. The molecule has 3 atom stereocenters. The van der Waals surface area contributed by atoms with Gasteiger partial charge in [0, 0.05) is 31.9 Å². The Labute approximate surface area is 166 Å². The summed E-state index contributed by atoms with van der Waals surface area (Å²) in [6.07, 6.45) is 1.14. The third kappa shape index (κ3) is 5.32. The van der Waals surface area contributed by atoms with Gasteiger partial charge in [-0.15, -0.1) is 0 Å². The van der Waals surface area contributed by atoms with Crippen LogP contribution in [0.3, 0.4) is 0 Å². The zero-order chi connectivity index (χ0) is 20.1. The number of anilines is 1. The van der Waals surface area contributed by atoms with Crippen LogP contribution in [0.4, 0.5) is 5.69 Å². The van der Waals surface area contributed by atoms with Crippen LogP contribution in [0.5, 0.6) is 0 Å². The Morgan fingerprint density at radius 1 is 1.14 bits per heavy atom. The molecule has 1 aromatic rings. The minimum Gasteiger partial charge on any atom is -0.353 e. The number of nitrogens with zero attached hydrogens (tertiary/aromatic N) is 2. The molecular weight excluding hydrogens is 356 g/mol. The molecule has 0 aromatic heterocycles. The zero-order valence-electron chi connectivity index (χ0n) is 16.7. The van der Waals surface area contributed by atoms with Crippen molar-refractivity contribution in [3.63, 3.8) is 0 Å². The minimum atomic E-state index is -0.760. The number of piperidine rings is 1. The lowest BCUT2D eigenvalue weighted by Crippen LogP contribution is -2.60. The molecule has 1 aromatic carbocycles. The molecule has 0 aliphatic carbocycles. The summed E-state index contributed by atoms with van der Waals surface area (Å²) in [4.78, 5) is 41.5. The summed E-state index contributed by atoms with van der Waals surface area (Å²) in [5, 5.41) is 5.57. The highest BCUT2D eigenvalue weighted by Gasteiger charge is 2.35. The first-order valence-electron chi connectivity index (χ1n) is 10.1. The zero-order valence-corrected chi connectivity index (χ0v) is 16.7. The van der Waals surface area contributed by atoms with Crippen molar-refractivity contribution in [1.82, 2.24) is 15.1 Å². The second-order valence-corrected chi connectivity index (χ2v) is 8.15. The first-order valence-corrected chi connectivity index (χ1v) is 10.1. The van der Waals surface area contributed by atoms with Crippen LogP contribution < -0.4 is 10.6 Å². The van der Waals surface area contributed by atoms with Gasteiger partial charge >= 0.3 is 0 Å². The Bertz CT molecular complexity index is 699. The predicted octanol–water partition coefficient (Wildman–Crippen LogP) is 1.32. The molecule has 2 N–H and O–H groups in total. The summed E-state index contributed by atoms with van der Waals surface area (Å²) < 4.78 is 0. The number of amides is 3. The SMILES string of the molecule is C[C@@H]1C[C@@H](C)CN(CC(=O)N2CCNC(=O)[C@H]2CC(=O)Nc2ccccc2)C1. The summed E-state index contributed by atoms with van der Waals surface area (Å²) in [6, 6.07) is 8.36. The molecule has 0 unspecified atom stereocenters. The van der Waals surface area contributed by atoms with Crippen LogP contribution in [0.15, 0.2) is 30.3 Å². The lowest BCUT2D eigenvalue weighted by molar-refractivity contribution is -0.145. The van der Waals surface area contributed by atoms with Crippen molar-refractivity contribution >= 4 is 23.4 Å². The average Bonchev–Trinajstić information content (AvgIpc) is 2.63. The lowest BCUT2D eigenvalue weighted by Gasteiger charge is -2.38. The summed E-state index contributed by atoms with van der Waals surface area (Å²) in [7, 11) is 0. The number of nitrogens with one attached hydrogen (secondary N) is 2. The number of likely N-dealkylation sites (tertiary alicyclic amines) is 1. The van der Waals surface area contributed by atoms with Crippen molar-refractivity contribution in [1.29, 1.82) is 0 Å². The maximum absolute atomic E-state index is 12.9. The van der Waals surface area contributed by atoms with Gasteiger partial charge in [-0.05, 0) is 30.4 Å². The Hall–Kier alpha value is -2.41. The molecule has 0 spiro atoms. The number of piperazine rings is 1. The van der Waals surface area contributed by atoms with Gasteiger partial charge in [0.15, 0.2) is 0 Å². The highest BCUT2D eigenvalue weighted by Crippen LogP contribution is 2.21. The van der Waals surface area contributed by atoms with E-state index in [1.165, 1.54) is 6.42 Å². The van der Waals surface area contributed by atoms with Crippen LogP contribution in [-0.2, 0) is 14.4 Å². The van der Waals surface area contributed by atoms with E-state index in [-0.39, 0.29) is 24.1 Å². The van der Waals surface area contributed by atoms with E-state index in [9.17, 15) is 14.4 Å². The fourth-order valence-electron chi connectivity index (χ4n) is 4.33. The molecule has 152 valence electrons. The van der Waals surface area contributed by atoms with Crippen molar-refractivity contribution in [2.45, 2.75) is 32.7 Å². The van der Waals surface area contributed by atoms with E-state index in [4.69, 9.17) is 0 Å². The molecule has 2 heterocycles. The summed E-state index contributed by atoms with van der Waals surface area (Å²) in [5.74, 6) is 0.519. The van der Waals surface area contributed by atoms with Crippen molar-refractivity contribution in [3.05, 3.63) is 30.3 Å². The van der Waals surface area contributed by atoms with Crippen LogP contribution in [0, 0.1) is 11.8 Å². The van der Waals surface area contributed by atoms with Gasteiger partial charge in [-0.25, -0.2) is 0 Å². The third-order valence-corrected chi connectivity index (χ3v) is 5.39. The van der Waals surface area contributed by atoms with Crippen LogP contribution in [0.25, 0.3) is 0 Å². The smallest absolute Gasteiger partial charge is 0.243 e. The highest BCUT2D eigenvalue weighted by atomic mass is 16.2. The number of carbonyl (C=O) groups is 3. The van der Waals surface area contributed by atoms with Gasteiger partial charge in [-0.2, -0.15) is 0 Å².